The molecule has 0 radical (unpaired) electrons. The number of nitrogens with zero attached hydrogens (tertiary/aromatic N) is 3. The normalized spacial score (nSPS) is 13.5. The van der Waals surface area contributed by atoms with E-state index in [0.717, 1.165) is 50.2 Å². The maximum Gasteiger partial charge on any atom is 0.149 e. The second-order valence-electron chi connectivity index (χ2n) is 18.2. The number of rotatable bonds is 6. The highest BCUT2D eigenvalue weighted by Gasteiger charge is 2.29. The summed E-state index contributed by atoms with van der Waals surface area (Å²) in [5.74, 6) is 0.561. The predicted molar refractivity (Wildman–Crippen MR) is 244 cm³/mol. The summed E-state index contributed by atoms with van der Waals surface area (Å²) in [6.45, 7) is 19.3. The number of hydrogen-bond donors (Lipinski definition) is 1. The molecular formula is C54H53N3O. The van der Waals surface area contributed by atoms with Crippen LogP contribution in [-0.4, -0.2) is 19.6 Å². The summed E-state index contributed by atoms with van der Waals surface area (Å²) in [7, 11) is 0. The first-order valence-electron chi connectivity index (χ1n) is 22.4. The minimum Gasteiger partial charge on any atom is -0.507 e. The molecule has 0 aliphatic heterocycles. The van der Waals surface area contributed by atoms with E-state index in [-0.39, 0.29) is 34.2 Å². The average Bonchev–Trinajstić information content (AvgIpc) is 3.64. The second kappa shape index (κ2) is 14.6. The molecule has 0 atom stereocenters. The number of imidazole rings is 1. The smallest absolute Gasteiger partial charge is 0.149 e. The van der Waals surface area contributed by atoms with Crippen LogP contribution in [0.15, 0.2) is 152 Å². The van der Waals surface area contributed by atoms with E-state index in [1.54, 1.807) is 12.1 Å². The Morgan fingerprint density at radius 1 is 0.534 bits per heavy atom. The number of pyridine rings is 1. The lowest BCUT2D eigenvalue weighted by Gasteiger charge is -2.27. The van der Waals surface area contributed by atoms with Gasteiger partial charge in [0.1, 0.15) is 11.6 Å². The van der Waals surface area contributed by atoms with Crippen LogP contribution in [0.4, 0.5) is 0 Å². The molecule has 290 valence electrons. The Morgan fingerprint density at radius 2 is 1.19 bits per heavy atom. The van der Waals surface area contributed by atoms with E-state index in [1.807, 2.05) is 65.4 Å². The fourth-order valence-electron chi connectivity index (χ4n) is 7.59. The third-order valence-corrected chi connectivity index (χ3v) is 10.9. The van der Waals surface area contributed by atoms with Gasteiger partial charge in [-0.15, -0.1) is 0 Å². The van der Waals surface area contributed by atoms with Crippen molar-refractivity contribution in [2.75, 3.05) is 0 Å². The van der Waals surface area contributed by atoms with Gasteiger partial charge in [0.25, 0.3) is 0 Å². The summed E-state index contributed by atoms with van der Waals surface area (Å²) in [5.41, 5.74) is 10.7. The SMILES string of the molecule is [2H]c1c([2H])c([2H])c(-c2ccccc2-n2c(-c3cc(C(C)(C)C)cc(C(C)(C)C)c3O)nc3c(-c4cc(-c5cc(-c6ccccc6)ccn5)cc(C(C)(C)C)c4)cccc32)c([2H])c1[2H]. The van der Waals surface area contributed by atoms with Crippen molar-refractivity contribution in [2.24, 2.45) is 0 Å². The molecule has 0 aliphatic rings. The molecule has 6 aromatic carbocycles. The topological polar surface area (TPSA) is 50.9 Å². The highest BCUT2D eigenvalue weighted by molar-refractivity contribution is 5.98. The Morgan fingerprint density at radius 3 is 1.90 bits per heavy atom. The number of para-hydroxylation sites is 2. The van der Waals surface area contributed by atoms with Gasteiger partial charge in [0.2, 0.25) is 0 Å². The fourth-order valence-corrected chi connectivity index (χ4v) is 7.59. The fraction of sp³-hybridized carbons (Fsp3) is 0.222. The van der Waals surface area contributed by atoms with Gasteiger partial charge in [-0.05, 0) is 92.1 Å². The molecule has 0 saturated carbocycles. The molecule has 0 amide bonds. The van der Waals surface area contributed by atoms with E-state index in [4.69, 9.17) is 16.8 Å². The number of hydrogen-bond acceptors (Lipinski definition) is 3. The maximum atomic E-state index is 12.4. The summed E-state index contributed by atoms with van der Waals surface area (Å²) in [6, 6.07) is 36.6. The number of aromatic nitrogens is 3. The lowest BCUT2D eigenvalue weighted by molar-refractivity contribution is 0.446. The van der Waals surface area contributed by atoms with Crippen LogP contribution in [0.3, 0.4) is 0 Å². The molecule has 2 aromatic heterocycles. The standard InChI is InChI=1S/C54H53N3O/c1-52(2,3)40-30-38(29-39(31-40)46-32-37(27-28-55-46)35-19-12-10-13-20-35)43-24-18-26-48-49(43)56-51(44-33-41(53(4,5)6)34-45(50(44)58)54(7,8)9)57(48)47-25-17-16-23-42(47)36-21-14-11-15-22-36/h10-34,58H,1-9H3/i11D,14D,15D,21D,22D. The predicted octanol–water partition coefficient (Wildman–Crippen LogP) is 14.4. The summed E-state index contributed by atoms with van der Waals surface area (Å²) in [5, 5.41) is 12.4. The molecule has 1 N–H and O–H groups in total. The quantitative estimate of drug-likeness (QED) is 0.183. The van der Waals surface area contributed by atoms with Crippen molar-refractivity contribution in [3.05, 3.63) is 168 Å². The molecule has 4 heteroatoms. The molecule has 0 bridgehead atoms. The third-order valence-electron chi connectivity index (χ3n) is 10.9. The number of aromatic hydroxyl groups is 1. The number of fused-ring (bicyclic) bond motifs is 1. The highest BCUT2D eigenvalue weighted by Crippen LogP contribution is 2.45. The molecule has 0 fully saturated rings. The van der Waals surface area contributed by atoms with Crippen LogP contribution in [0, 0.1) is 0 Å². The van der Waals surface area contributed by atoms with E-state index < -0.39 is 23.5 Å². The van der Waals surface area contributed by atoms with Crippen molar-refractivity contribution in [1.29, 1.82) is 0 Å². The van der Waals surface area contributed by atoms with Gasteiger partial charge in [-0.2, -0.15) is 0 Å². The minimum atomic E-state index is -0.456. The Bertz CT molecular complexity index is 3050. The van der Waals surface area contributed by atoms with E-state index >= 15 is 0 Å². The zero-order valence-corrected chi connectivity index (χ0v) is 34.8. The number of phenolic OH excluding ortho intramolecular Hbond substituents is 1. The van der Waals surface area contributed by atoms with Gasteiger partial charge in [-0.3, -0.25) is 9.55 Å². The molecule has 58 heavy (non-hydrogen) atoms. The summed E-state index contributed by atoms with van der Waals surface area (Å²) < 4.78 is 45.6. The van der Waals surface area contributed by atoms with E-state index in [1.165, 1.54) is 0 Å². The highest BCUT2D eigenvalue weighted by atomic mass is 16.3. The minimum absolute atomic E-state index is 0.0800. The van der Waals surface area contributed by atoms with Crippen LogP contribution in [0.1, 0.15) is 85.9 Å². The zero-order valence-electron chi connectivity index (χ0n) is 39.8. The van der Waals surface area contributed by atoms with Crippen LogP contribution in [0.25, 0.3) is 72.7 Å². The van der Waals surface area contributed by atoms with Crippen molar-refractivity contribution in [1.82, 2.24) is 14.5 Å². The van der Waals surface area contributed by atoms with Gasteiger partial charge >= 0.3 is 0 Å². The maximum absolute atomic E-state index is 12.4. The van der Waals surface area contributed by atoms with Gasteiger partial charge in [-0.1, -0.05) is 165 Å². The molecule has 8 aromatic rings. The molecule has 0 spiro atoms. The molecule has 4 nitrogen and oxygen atoms in total. The summed E-state index contributed by atoms with van der Waals surface area (Å²) in [6.07, 6.45) is 1.85. The van der Waals surface area contributed by atoms with Crippen molar-refractivity contribution >= 4 is 11.0 Å². The molecular weight excluding hydrogens is 707 g/mol. The van der Waals surface area contributed by atoms with Gasteiger partial charge < -0.3 is 5.11 Å². The zero-order chi connectivity index (χ0) is 45.3. The van der Waals surface area contributed by atoms with Gasteiger partial charge in [-0.25, -0.2) is 4.98 Å². The van der Waals surface area contributed by atoms with Crippen LogP contribution in [0.2, 0.25) is 0 Å². The number of benzene rings is 6. The van der Waals surface area contributed by atoms with Crippen LogP contribution in [-0.2, 0) is 16.2 Å². The lowest BCUT2D eigenvalue weighted by Crippen LogP contribution is -2.17. The van der Waals surface area contributed by atoms with Gasteiger partial charge in [0.15, 0.2) is 0 Å². The van der Waals surface area contributed by atoms with E-state index in [0.29, 0.717) is 33.7 Å². The number of phenols is 1. The van der Waals surface area contributed by atoms with Crippen LogP contribution >= 0.6 is 0 Å². The molecule has 2 heterocycles. The van der Waals surface area contributed by atoms with E-state index in [2.05, 4.69) is 111 Å². The molecule has 0 saturated heterocycles. The Balaban J connectivity index is 1.48. The van der Waals surface area contributed by atoms with E-state index in [9.17, 15) is 5.11 Å². The molecule has 0 unspecified atom stereocenters. The molecule has 0 aliphatic carbocycles. The van der Waals surface area contributed by atoms with Crippen LogP contribution in [0.5, 0.6) is 5.75 Å². The third kappa shape index (κ3) is 7.36. The first-order chi connectivity index (χ1) is 29.6. The second-order valence-corrected chi connectivity index (χ2v) is 18.2. The lowest BCUT2D eigenvalue weighted by atomic mass is 9.79. The van der Waals surface area contributed by atoms with Crippen molar-refractivity contribution in [3.8, 4) is 67.5 Å². The summed E-state index contributed by atoms with van der Waals surface area (Å²) >= 11 is 0. The average molecular weight is 765 g/mol. The van der Waals surface area contributed by atoms with Crippen LogP contribution < -0.4 is 0 Å². The Kier molecular flexibility index (Phi) is 8.25. The van der Waals surface area contributed by atoms with Gasteiger partial charge in [0.05, 0.1) is 34.8 Å². The van der Waals surface area contributed by atoms with Crippen molar-refractivity contribution in [3.63, 3.8) is 0 Å². The molecule has 8 rings (SSSR count). The monoisotopic (exact) mass is 764 g/mol. The Labute approximate surface area is 351 Å². The first-order valence-corrected chi connectivity index (χ1v) is 19.9. The first kappa shape index (κ1) is 32.8. The van der Waals surface area contributed by atoms with Crippen molar-refractivity contribution < 1.29 is 12.0 Å². The largest absolute Gasteiger partial charge is 0.507 e. The Hall–Kier alpha value is -6.26. The summed E-state index contributed by atoms with van der Waals surface area (Å²) in [4.78, 5) is 10.4. The van der Waals surface area contributed by atoms with Crippen molar-refractivity contribution in [2.45, 2.75) is 78.6 Å². The van der Waals surface area contributed by atoms with Gasteiger partial charge in [0, 0.05) is 28.5 Å².